The van der Waals surface area contributed by atoms with Gasteiger partial charge in [0.25, 0.3) is 0 Å². The first-order valence-corrected chi connectivity index (χ1v) is 5.60. The molecule has 1 heterocycles. The molecule has 1 aromatic heterocycles. The van der Waals surface area contributed by atoms with Crippen LogP contribution in [0.3, 0.4) is 0 Å². The molecular weight excluding hydrogens is 188 g/mol. The predicted octanol–water partition coefficient (Wildman–Crippen LogP) is 2.12. The summed E-state index contributed by atoms with van der Waals surface area (Å²) in [6.45, 7) is 5.22. The second-order valence-electron chi connectivity index (χ2n) is 4.24. The van der Waals surface area contributed by atoms with Gasteiger partial charge in [-0.1, -0.05) is 6.92 Å². The van der Waals surface area contributed by atoms with Gasteiger partial charge in [-0.3, -0.25) is 0 Å². The van der Waals surface area contributed by atoms with Crippen LogP contribution in [0.15, 0.2) is 12.4 Å². The number of rotatable bonds is 4. The largest absolute Gasteiger partial charge is 0.370 e. The van der Waals surface area contributed by atoms with E-state index in [-0.39, 0.29) is 0 Å². The van der Waals surface area contributed by atoms with Crippen molar-refractivity contribution in [3.8, 4) is 0 Å². The minimum Gasteiger partial charge on any atom is -0.370 e. The van der Waals surface area contributed by atoms with Crippen molar-refractivity contribution in [2.45, 2.75) is 32.7 Å². The minimum absolute atomic E-state index is 0.601. The van der Waals surface area contributed by atoms with Crippen LogP contribution < -0.4 is 10.6 Å². The number of aromatic nitrogens is 2. The third-order valence-corrected chi connectivity index (χ3v) is 2.75. The molecule has 0 atom stereocenters. The molecular formula is C11H18N4. The van der Waals surface area contributed by atoms with E-state index >= 15 is 0 Å². The number of nitrogens with one attached hydrogen (secondary N) is 2. The topological polar surface area (TPSA) is 49.8 Å². The first kappa shape index (κ1) is 10.2. The standard InChI is InChI=1S/C11H18N4/c1-3-12-10-6-11(14-7-13-10)15-9-4-8(2)5-9/h6-9H,3-5H2,1-2H3,(H2,12,13,14,15). The van der Waals surface area contributed by atoms with Crippen LogP contribution in [-0.2, 0) is 0 Å². The summed E-state index contributed by atoms with van der Waals surface area (Å²) in [4.78, 5) is 8.34. The molecule has 0 unspecified atom stereocenters. The molecule has 4 nitrogen and oxygen atoms in total. The maximum Gasteiger partial charge on any atom is 0.131 e. The quantitative estimate of drug-likeness (QED) is 0.792. The van der Waals surface area contributed by atoms with E-state index in [0.717, 1.165) is 24.1 Å². The molecule has 4 heteroatoms. The number of nitrogens with zero attached hydrogens (tertiary/aromatic N) is 2. The van der Waals surface area contributed by atoms with E-state index in [4.69, 9.17) is 0 Å². The highest BCUT2D eigenvalue weighted by molar-refractivity contribution is 5.47. The Hall–Kier alpha value is -1.32. The van der Waals surface area contributed by atoms with E-state index in [1.165, 1.54) is 12.8 Å². The van der Waals surface area contributed by atoms with Crippen molar-refractivity contribution in [2.75, 3.05) is 17.2 Å². The van der Waals surface area contributed by atoms with Gasteiger partial charge in [-0.15, -0.1) is 0 Å². The van der Waals surface area contributed by atoms with E-state index in [2.05, 4.69) is 34.4 Å². The van der Waals surface area contributed by atoms with E-state index in [1.54, 1.807) is 6.33 Å². The lowest BCUT2D eigenvalue weighted by Crippen LogP contribution is -2.34. The van der Waals surface area contributed by atoms with Gasteiger partial charge in [0.2, 0.25) is 0 Å². The molecule has 0 amide bonds. The Morgan fingerprint density at radius 3 is 2.73 bits per heavy atom. The van der Waals surface area contributed by atoms with E-state index in [0.29, 0.717) is 6.04 Å². The smallest absolute Gasteiger partial charge is 0.131 e. The van der Waals surface area contributed by atoms with Crippen LogP contribution in [-0.4, -0.2) is 22.6 Å². The SMILES string of the molecule is CCNc1cc(NC2CC(C)C2)ncn1. The highest BCUT2D eigenvalue weighted by Gasteiger charge is 2.25. The van der Waals surface area contributed by atoms with Crippen molar-refractivity contribution in [3.05, 3.63) is 12.4 Å². The Bertz CT molecular complexity index is 320. The Morgan fingerprint density at radius 1 is 1.33 bits per heavy atom. The second-order valence-corrected chi connectivity index (χ2v) is 4.24. The van der Waals surface area contributed by atoms with Crippen LogP contribution in [0.5, 0.6) is 0 Å². The molecule has 0 saturated heterocycles. The average molecular weight is 206 g/mol. The van der Waals surface area contributed by atoms with Gasteiger partial charge in [0.1, 0.15) is 18.0 Å². The molecule has 15 heavy (non-hydrogen) atoms. The predicted molar refractivity (Wildman–Crippen MR) is 62.0 cm³/mol. The molecule has 1 aromatic rings. The van der Waals surface area contributed by atoms with Crippen molar-refractivity contribution in [1.82, 2.24) is 9.97 Å². The molecule has 0 spiro atoms. The van der Waals surface area contributed by atoms with Crippen molar-refractivity contribution >= 4 is 11.6 Å². The monoisotopic (exact) mass is 206 g/mol. The number of hydrogen-bond acceptors (Lipinski definition) is 4. The molecule has 1 saturated carbocycles. The van der Waals surface area contributed by atoms with Crippen LogP contribution in [0, 0.1) is 5.92 Å². The van der Waals surface area contributed by atoms with Gasteiger partial charge >= 0.3 is 0 Å². The van der Waals surface area contributed by atoms with Crippen molar-refractivity contribution in [1.29, 1.82) is 0 Å². The summed E-state index contributed by atoms with van der Waals surface area (Å²) in [7, 11) is 0. The molecule has 1 aliphatic carbocycles. The van der Waals surface area contributed by atoms with Crippen LogP contribution in [0.25, 0.3) is 0 Å². The second kappa shape index (κ2) is 4.47. The molecule has 82 valence electrons. The van der Waals surface area contributed by atoms with Crippen molar-refractivity contribution < 1.29 is 0 Å². The molecule has 1 fully saturated rings. The van der Waals surface area contributed by atoms with Gasteiger partial charge in [0.05, 0.1) is 0 Å². The van der Waals surface area contributed by atoms with Crippen molar-refractivity contribution in [2.24, 2.45) is 5.92 Å². The van der Waals surface area contributed by atoms with Crippen LogP contribution >= 0.6 is 0 Å². The lowest BCUT2D eigenvalue weighted by Gasteiger charge is -2.33. The maximum atomic E-state index is 4.21. The van der Waals surface area contributed by atoms with Crippen LogP contribution in [0.2, 0.25) is 0 Å². The zero-order valence-corrected chi connectivity index (χ0v) is 9.33. The Kier molecular flexibility index (Phi) is 3.04. The summed E-state index contributed by atoms with van der Waals surface area (Å²) < 4.78 is 0. The fraction of sp³-hybridized carbons (Fsp3) is 0.636. The highest BCUT2D eigenvalue weighted by atomic mass is 15.1. The summed E-state index contributed by atoms with van der Waals surface area (Å²) in [6.07, 6.45) is 4.10. The average Bonchev–Trinajstić information content (AvgIpc) is 2.17. The first-order valence-electron chi connectivity index (χ1n) is 5.60. The molecule has 2 N–H and O–H groups in total. The third-order valence-electron chi connectivity index (χ3n) is 2.75. The Labute approximate surface area is 90.5 Å². The van der Waals surface area contributed by atoms with Gasteiger partial charge in [0, 0.05) is 18.7 Å². The van der Waals surface area contributed by atoms with Gasteiger partial charge in [-0.25, -0.2) is 9.97 Å². The van der Waals surface area contributed by atoms with E-state index < -0.39 is 0 Å². The van der Waals surface area contributed by atoms with E-state index in [9.17, 15) is 0 Å². The normalized spacial score (nSPS) is 24.4. The Balaban J connectivity index is 1.93. The molecule has 0 radical (unpaired) electrons. The third kappa shape index (κ3) is 2.58. The lowest BCUT2D eigenvalue weighted by molar-refractivity contribution is 0.308. The number of anilines is 2. The highest BCUT2D eigenvalue weighted by Crippen LogP contribution is 2.28. The first-order chi connectivity index (χ1) is 7.28. The molecule has 0 bridgehead atoms. The fourth-order valence-corrected chi connectivity index (χ4v) is 1.94. The molecule has 1 aliphatic rings. The summed E-state index contributed by atoms with van der Waals surface area (Å²) >= 11 is 0. The lowest BCUT2D eigenvalue weighted by atomic mass is 9.82. The number of hydrogen-bond donors (Lipinski definition) is 2. The Morgan fingerprint density at radius 2 is 2.07 bits per heavy atom. The maximum absolute atomic E-state index is 4.21. The molecule has 0 aliphatic heterocycles. The van der Waals surface area contributed by atoms with Crippen LogP contribution in [0.1, 0.15) is 26.7 Å². The minimum atomic E-state index is 0.601. The van der Waals surface area contributed by atoms with Gasteiger partial charge in [-0.05, 0) is 25.7 Å². The van der Waals surface area contributed by atoms with Gasteiger partial charge < -0.3 is 10.6 Å². The van der Waals surface area contributed by atoms with Crippen molar-refractivity contribution in [3.63, 3.8) is 0 Å². The molecule has 0 aromatic carbocycles. The van der Waals surface area contributed by atoms with Gasteiger partial charge in [0.15, 0.2) is 0 Å². The van der Waals surface area contributed by atoms with E-state index in [1.807, 2.05) is 6.07 Å². The summed E-state index contributed by atoms with van der Waals surface area (Å²) in [5, 5.41) is 6.59. The summed E-state index contributed by atoms with van der Waals surface area (Å²) in [5.74, 6) is 2.68. The summed E-state index contributed by atoms with van der Waals surface area (Å²) in [5.41, 5.74) is 0. The van der Waals surface area contributed by atoms with Crippen LogP contribution in [0.4, 0.5) is 11.6 Å². The van der Waals surface area contributed by atoms with Gasteiger partial charge in [-0.2, -0.15) is 0 Å². The fourth-order valence-electron chi connectivity index (χ4n) is 1.94. The zero-order chi connectivity index (χ0) is 10.7. The zero-order valence-electron chi connectivity index (χ0n) is 9.33. The molecule has 2 rings (SSSR count). The summed E-state index contributed by atoms with van der Waals surface area (Å²) in [6, 6.07) is 2.57.